The van der Waals surface area contributed by atoms with E-state index in [0.29, 0.717) is 5.56 Å². The minimum absolute atomic E-state index is 0. The Hall–Kier alpha value is -0.490. The fourth-order valence-corrected chi connectivity index (χ4v) is 3.02. The van der Waals surface area contributed by atoms with Crippen LogP contribution in [-0.2, 0) is 6.18 Å². The summed E-state index contributed by atoms with van der Waals surface area (Å²) in [6.07, 6.45) is -2.63. The third kappa shape index (κ3) is 4.75. The van der Waals surface area contributed by atoms with Crippen LogP contribution in [0.2, 0.25) is 5.02 Å². The monoisotopic (exact) mass is 356 g/mol. The van der Waals surface area contributed by atoms with E-state index in [1.165, 1.54) is 12.1 Å². The average molecular weight is 357 g/mol. The van der Waals surface area contributed by atoms with Crippen molar-refractivity contribution in [3.63, 3.8) is 0 Å². The highest BCUT2D eigenvalue weighted by atomic mass is 35.5. The zero-order valence-corrected chi connectivity index (χ0v) is 14.0. The first-order valence-electron chi connectivity index (χ1n) is 7.25. The first-order valence-corrected chi connectivity index (χ1v) is 7.62. The first-order chi connectivity index (χ1) is 9.93. The molecule has 126 valence electrons. The van der Waals surface area contributed by atoms with E-state index in [1.54, 1.807) is 6.07 Å². The van der Waals surface area contributed by atoms with Gasteiger partial charge in [0, 0.05) is 32.2 Å². The second-order valence-corrected chi connectivity index (χ2v) is 5.73. The fourth-order valence-electron chi connectivity index (χ4n) is 2.79. The molecular weight excluding hydrogens is 336 g/mol. The molecule has 0 bridgehead atoms. The summed E-state index contributed by atoms with van der Waals surface area (Å²) in [4.78, 5) is 2.25. The summed E-state index contributed by atoms with van der Waals surface area (Å²) < 4.78 is 39.0. The Morgan fingerprint density at radius 1 is 1.27 bits per heavy atom. The van der Waals surface area contributed by atoms with Gasteiger partial charge < -0.3 is 5.32 Å². The van der Waals surface area contributed by atoms with E-state index >= 15 is 0 Å². The highest BCUT2D eigenvalue weighted by molar-refractivity contribution is 6.31. The summed E-state index contributed by atoms with van der Waals surface area (Å²) in [5.74, 6) is 0. The summed E-state index contributed by atoms with van der Waals surface area (Å²) in [7, 11) is 0. The predicted molar refractivity (Wildman–Crippen MR) is 85.8 cm³/mol. The van der Waals surface area contributed by atoms with Gasteiger partial charge in [-0.05, 0) is 24.1 Å². The van der Waals surface area contributed by atoms with Crippen LogP contribution in [0.3, 0.4) is 0 Å². The molecule has 0 radical (unpaired) electrons. The number of nitrogens with one attached hydrogen (secondary N) is 1. The van der Waals surface area contributed by atoms with Crippen molar-refractivity contribution in [3.05, 3.63) is 34.3 Å². The van der Waals surface area contributed by atoms with Crippen LogP contribution in [0, 0.1) is 0 Å². The lowest BCUT2D eigenvalue weighted by molar-refractivity contribution is -0.137. The quantitative estimate of drug-likeness (QED) is 0.852. The number of hydrogen-bond donors (Lipinski definition) is 1. The number of piperazine rings is 1. The maximum atomic E-state index is 13.0. The lowest BCUT2D eigenvalue weighted by atomic mass is 9.97. The van der Waals surface area contributed by atoms with Crippen molar-refractivity contribution in [2.24, 2.45) is 0 Å². The molecule has 1 aromatic rings. The molecule has 0 aliphatic carbocycles. The lowest BCUT2D eigenvalue weighted by Crippen LogP contribution is -2.45. The largest absolute Gasteiger partial charge is 0.417 e. The molecule has 0 spiro atoms. The smallest absolute Gasteiger partial charge is 0.314 e. The molecule has 1 aliphatic heterocycles. The summed E-state index contributed by atoms with van der Waals surface area (Å²) in [5.41, 5.74) is -0.0339. The fraction of sp³-hybridized carbons (Fsp3) is 0.600. The van der Waals surface area contributed by atoms with Crippen LogP contribution in [0.5, 0.6) is 0 Å². The second-order valence-electron chi connectivity index (χ2n) is 5.33. The van der Waals surface area contributed by atoms with Gasteiger partial charge in [-0.2, -0.15) is 13.2 Å². The molecule has 1 N–H and O–H groups in total. The number of hydrogen-bond acceptors (Lipinski definition) is 2. The molecular formula is C15H21Cl2F3N2. The Balaban J connectivity index is 0.00000242. The van der Waals surface area contributed by atoms with Crippen LogP contribution in [0.15, 0.2) is 18.2 Å². The molecule has 0 aromatic heterocycles. The van der Waals surface area contributed by atoms with E-state index < -0.39 is 11.7 Å². The maximum Gasteiger partial charge on any atom is 0.417 e. The molecule has 22 heavy (non-hydrogen) atoms. The number of benzene rings is 1. The summed E-state index contributed by atoms with van der Waals surface area (Å²) in [6.45, 7) is 5.51. The van der Waals surface area contributed by atoms with E-state index in [0.717, 1.165) is 39.0 Å². The van der Waals surface area contributed by atoms with Crippen molar-refractivity contribution >= 4 is 24.0 Å². The van der Waals surface area contributed by atoms with E-state index in [9.17, 15) is 13.2 Å². The van der Waals surface area contributed by atoms with E-state index in [4.69, 9.17) is 11.6 Å². The number of halogens is 5. The van der Waals surface area contributed by atoms with Crippen molar-refractivity contribution in [1.29, 1.82) is 0 Å². The highest BCUT2D eigenvalue weighted by Gasteiger charge is 2.34. The molecule has 0 amide bonds. The molecule has 1 fully saturated rings. The topological polar surface area (TPSA) is 15.3 Å². The average Bonchev–Trinajstić information content (AvgIpc) is 2.45. The molecule has 0 unspecified atom stereocenters. The standard InChI is InChI=1S/C15H20ClF3N2.ClH/c1-2-3-14(21-8-6-20-7-9-21)11-4-5-13(16)12(10-11)15(17,18)19;/h4-5,10,14,20H,2-3,6-9H2,1H3;1H/t14-;/m1./s1. The van der Waals surface area contributed by atoms with Gasteiger partial charge in [0.15, 0.2) is 0 Å². The molecule has 7 heteroatoms. The minimum Gasteiger partial charge on any atom is -0.314 e. The molecule has 1 aromatic carbocycles. The van der Waals surface area contributed by atoms with Gasteiger partial charge in [-0.1, -0.05) is 31.0 Å². The zero-order valence-electron chi connectivity index (χ0n) is 12.4. The summed E-state index contributed by atoms with van der Waals surface area (Å²) in [6, 6.07) is 4.32. The van der Waals surface area contributed by atoms with Crippen LogP contribution in [0.25, 0.3) is 0 Å². The van der Waals surface area contributed by atoms with Crippen molar-refractivity contribution < 1.29 is 13.2 Å². The van der Waals surface area contributed by atoms with Gasteiger partial charge in [0.05, 0.1) is 10.6 Å². The third-order valence-electron chi connectivity index (χ3n) is 3.84. The van der Waals surface area contributed by atoms with Crippen molar-refractivity contribution in [2.75, 3.05) is 26.2 Å². The molecule has 1 saturated heterocycles. The second kappa shape index (κ2) is 8.39. The predicted octanol–water partition coefficient (Wildman–Crippen LogP) is 4.53. The van der Waals surface area contributed by atoms with Crippen molar-refractivity contribution in [2.45, 2.75) is 32.0 Å². The van der Waals surface area contributed by atoms with Gasteiger partial charge in [0.25, 0.3) is 0 Å². The minimum atomic E-state index is -4.41. The van der Waals surface area contributed by atoms with Gasteiger partial charge >= 0.3 is 6.18 Å². The van der Waals surface area contributed by atoms with E-state index in [1.807, 2.05) is 0 Å². The molecule has 1 aliphatic rings. The number of nitrogens with zero attached hydrogens (tertiary/aromatic N) is 1. The van der Waals surface area contributed by atoms with Crippen LogP contribution >= 0.6 is 24.0 Å². The number of alkyl halides is 3. The number of rotatable bonds is 4. The Morgan fingerprint density at radius 3 is 2.45 bits per heavy atom. The lowest BCUT2D eigenvalue weighted by Gasteiger charge is -2.35. The van der Waals surface area contributed by atoms with Crippen LogP contribution in [0.4, 0.5) is 13.2 Å². The van der Waals surface area contributed by atoms with Gasteiger partial charge in [-0.15, -0.1) is 12.4 Å². The molecule has 0 saturated carbocycles. The van der Waals surface area contributed by atoms with Gasteiger partial charge in [-0.3, -0.25) is 4.90 Å². The maximum absolute atomic E-state index is 13.0. The SMILES string of the molecule is CCC[C@H](c1ccc(Cl)c(C(F)(F)F)c1)N1CCNCC1.Cl. The normalized spacial score (nSPS) is 17.9. The highest BCUT2D eigenvalue weighted by Crippen LogP contribution is 2.37. The third-order valence-corrected chi connectivity index (χ3v) is 4.16. The van der Waals surface area contributed by atoms with E-state index in [2.05, 4.69) is 17.1 Å². The molecule has 1 atom stereocenters. The molecule has 1 heterocycles. The van der Waals surface area contributed by atoms with Crippen LogP contribution < -0.4 is 5.32 Å². The zero-order chi connectivity index (χ0) is 15.5. The van der Waals surface area contributed by atoms with Crippen molar-refractivity contribution in [3.8, 4) is 0 Å². The van der Waals surface area contributed by atoms with Crippen LogP contribution in [-0.4, -0.2) is 31.1 Å². The molecule has 2 rings (SSSR count). The van der Waals surface area contributed by atoms with Gasteiger partial charge in [-0.25, -0.2) is 0 Å². The van der Waals surface area contributed by atoms with Gasteiger partial charge in [0.2, 0.25) is 0 Å². The Kier molecular flexibility index (Phi) is 7.46. The first kappa shape index (κ1) is 19.6. The van der Waals surface area contributed by atoms with Crippen molar-refractivity contribution in [1.82, 2.24) is 10.2 Å². The Morgan fingerprint density at radius 2 is 1.91 bits per heavy atom. The molecule has 2 nitrogen and oxygen atoms in total. The summed E-state index contributed by atoms with van der Waals surface area (Å²) in [5, 5.41) is 3.03. The van der Waals surface area contributed by atoms with E-state index in [-0.39, 0.29) is 23.5 Å². The summed E-state index contributed by atoms with van der Waals surface area (Å²) >= 11 is 5.70. The Bertz CT molecular complexity index is 474. The van der Waals surface area contributed by atoms with Crippen LogP contribution in [0.1, 0.15) is 36.9 Å². The Labute approximate surface area is 140 Å². The van der Waals surface area contributed by atoms with Gasteiger partial charge in [0.1, 0.15) is 0 Å².